The van der Waals surface area contributed by atoms with Crippen molar-refractivity contribution >= 4 is 0 Å². The highest BCUT2D eigenvalue weighted by atomic mass is 16.5. The van der Waals surface area contributed by atoms with Gasteiger partial charge in [0.25, 0.3) is 0 Å². The molecular formula is C11H23NO. The maximum absolute atomic E-state index is 5.68. The average Bonchev–Trinajstić information content (AvgIpc) is 2.18. The third-order valence-electron chi connectivity index (χ3n) is 3.33. The van der Waals surface area contributed by atoms with Gasteiger partial charge in [-0.05, 0) is 18.8 Å². The Morgan fingerprint density at radius 1 is 1.38 bits per heavy atom. The fourth-order valence-corrected chi connectivity index (χ4v) is 1.88. The standard InChI is InChI=1S/C11H23NO/c1-5-11(6-2)8-13-7-10(12-11)9(3)4/h9-10,12H,5-8H2,1-4H3. The van der Waals surface area contributed by atoms with Crippen LogP contribution in [0, 0.1) is 5.92 Å². The molecule has 1 aliphatic heterocycles. The fourth-order valence-electron chi connectivity index (χ4n) is 1.88. The maximum Gasteiger partial charge on any atom is 0.0648 e. The lowest BCUT2D eigenvalue weighted by Crippen LogP contribution is -2.60. The topological polar surface area (TPSA) is 21.3 Å². The normalized spacial score (nSPS) is 27.9. The summed E-state index contributed by atoms with van der Waals surface area (Å²) in [5.74, 6) is 0.665. The van der Waals surface area contributed by atoms with E-state index in [9.17, 15) is 0 Å². The Kier molecular flexibility index (Phi) is 3.74. The van der Waals surface area contributed by atoms with Crippen LogP contribution in [0.15, 0.2) is 0 Å². The number of morpholine rings is 1. The van der Waals surface area contributed by atoms with E-state index >= 15 is 0 Å². The lowest BCUT2D eigenvalue weighted by molar-refractivity contribution is -0.0165. The van der Waals surface area contributed by atoms with Crippen molar-refractivity contribution < 1.29 is 4.74 Å². The molecule has 0 aromatic heterocycles. The SMILES string of the molecule is CCC1(CC)COCC(C(C)C)N1. The highest BCUT2D eigenvalue weighted by Crippen LogP contribution is 2.22. The monoisotopic (exact) mass is 185 g/mol. The summed E-state index contributed by atoms with van der Waals surface area (Å²) in [6.07, 6.45) is 2.32. The second-order valence-corrected chi connectivity index (χ2v) is 4.50. The van der Waals surface area contributed by atoms with Crippen LogP contribution >= 0.6 is 0 Å². The van der Waals surface area contributed by atoms with E-state index < -0.39 is 0 Å². The summed E-state index contributed by atoms with van der Waals surface area (Å²) in [5.41, 5.74) is 0.243. The molecule has 13 heavy (non-hydrogen) atoms. The molecule has 1 saturated heterocycles. The van der Waals surface area contributed by atoms with E-state index in [0.717, 1.165) is 26.1 Å². The summed E-state index contributed by atoms with van der Waals surface area (Å²) in [7, 11) is 0. The molecule has 0 aromatic carbocycles. The molecule has 0 amide bonds. The minimum Gasteiger partial charge on any atom is -0.378 e. The first-order valence-electron chi connectivity index (χ1n) is 5.49. The number of hydrogen-bond acceptors (Lipinski definition) is 2. The van der Waals surface area contributed by atoms with Crippen LogP contribution in [0.25, 0.3) is 0 Å². The number of rotatable bonds is 3. The molecule has 2 nitrogen and oxygen atoms in total. The fraction of sp³-hybridized carbons (Fsp3) is 1.00. The molecular weight excluding hydrogens is 162 g/mol. The van der Waals surface area contributed by atoms with Crippen molar-refractivity contribution in [1.29, 1.82) is 0 Å². The molecule has 1 unspecified atom stereocenters. The Bertz CT molecular complexity index is 152. The van der Waals surface area contributed by atoms with Gasteiger partial charge in [-0.2, -0.15) is 0 Å². The number of nitrogens with one attached hydrogen (secondary N) is 1. The molecule has 0 aliphatic carbocycles. The summed E-state index contributed by atoms with van der Waals surface area (Å²) in [6.45, 7) is 10.7. The van der Waals surface area contributed by atoms with Gasteiger partial charge in [0, 0.05) is 11.6 Å². The molecule has 1 N–H and O–H groups in total. The molecule has 0 saturated carbocycles. The molecule has 1 aliphatic rings. The molecule has 0 radical (unpaired) electrons. The molecule has 0 bridgehead atoms. The predicted molar refractivity (Wildman–Crippen MR) is 55.9 cm³/mol. The summed E-state index contributed by atoms with van der Waals surface area (Å²) >= 11 is 0. The van der Waals surface area contributed by atoms with Crippen LogP contribution in [0.5, 0.6) is 0 Å². The summed E-state index contributed by atoms with van der Waals surface area (Å²) in [5, 5.41) is 3.74. The molecule has 1 heterocycles. The Labute approximate surface area is 82.0 Å². The Hall–Kier alpha value is -0.0800. The first-order valence-corrected chi connectivity index (χ1v) is 5.49. The van der Waals surface area contributed by atoms with Crippen LogP contribution in [0.2, 0.25) is 0 Å². The van der Waals surface area contributed by atoms with Crippen LogP contribution in [-0.4, -0.2) is 24.8 Å². The minimum atomic E-state index is 0.243. The molecule has 0 spiro atoms. The molecule has 1 fully saturated rings. The third-order valence-corrected chi connectivity index (χ3v) is 3.33. The van der Waals surface area contributed by atoms with Gasteiger partial charge in [0.1, 0.15) is 0 Å². The van der Waals surface area contributed by atoms with Gasteiger partial charge in [-0.1, -0.05) is 27.7 Å². The van der Waals surface area contributed by atoms with Gasteiger partial charge in [-0.15, -0.1) is 0 Å². The van der Waals surface area contributed by atoms with Crippen LogP contribution in [-0.2, 0) is 4.74 Å². The number of ether oxygens (including phenoxy) is 1. The quantitative estimate of drug-likeness (QED) is 0.727. The molecule has 2 heteroatoms. The van der Waals surface area contributed by atoms with Gasteiger partial charge in [0.15, 0.2) is 0 Å². The van der Waals surface area contributed by atoms with E-state index in [1.54, 1.807) is 0 Å². The zero-order valence-electron chi connectivity index (χ0n) is 9.39. The van der Waals surface area contributed by atoms with Crippen molar-refractivity contribution in [2.24, 2.45) is 5.92 Å². The Morgan fingerprint density at radius 2 is 2.00 bits per heavy atom. The summed E-state index contributed by atoms with van der Waals surface area (Å²) in [4.78, 5) is 0. The summed E-state index contributed by atoms with van der Waals surface area (Å²) in [6, 6.07) is 0.536. The van der Waals surface area contributed by atoms with Gasteiger partial charge >= 0.3 is 0 Å². The van der Waals surface area contributed by atoms with Gasteiger partial charge in [-0.3, -0.25) is 0 Å². The molecule has 1 atom stereocenters. The van der Waals surface area contributed by atoms with E-state index in [1.807, 2.05) is 0 Å². The van der Waals surface area contributed by atoms with Crippen LogP contribution in [0.1, 0.15) is 40.5 Å². The first-order chi connectivity index (χ1) is 6.13. The minimum absolute atomic E-state index is 0.243. The van der Waals surface area contributed by atoms with Crippen LogP contribution in [0.4, 0.5) is 0 Å². The smallest absolute Gasteiger partial charge is 0.0648 e. The van der Waals surface area contributed by atoms with Crippen LogP contribution in [0.3, 0.4) is 0 Å². The van der Waals surface area contributed by atoms with Crippen molar-refractivity contribution in [2.75, 3.05) is 13.2 Å². The van der Waals surface area contributed by atoms with E-state index in [-0.39, 0.29) is 5.54 Å². The largest absolute Gasteiger partial charge is 0.378 e. The van der Waals surface area contributed by atoms with Crippen molar-refractivity contribution in [3.05, 3.63) is 0 Å². The zero-order chi connectivity index (χ0) is 9.90. The summed E-state index contributed by atoms with van der Waals surface area (Å²) < 4.78 is 5.68. The van der Waals surface area contributed by atoms with Crippen LogP contribution < -0.4 is 5.32 Å². The second kappa shape index (κ2) is 4.43. The Morgan fingerprint density at radius 3 is 2.46 bits per heavy atom. The molecule has 78 valence electrons. The molecule has 0 aromatic rings. The van der Waals surface area contributed by atoms with Crippen molar-refractivity contribution in [3.63, 3.8) is 0 Å². The van der Waals surface area contributed by atoms with Crippen molar-refractivity contribution in [2.45, 2.75) is 52.1 Å². The van der Waals surface area contributed by atoms with Gasteiger partial charge in [-0.25, -0.2) is 0 Å². The van der Waals surface area contributed by atoms with Gasteiger partial charge in [0.2, 0.25) is 0 Å². The van der Waals surface area contributed by atoms with E-state index in [1.165, 1.54) is 0 Å². The highest BCUT2D eigenvalue weighted by Gasteiger charge is 2.34. The maximum atomic E-state index is 5.68. The lowest BCUT2D eigenvalue weighted by atomic mass is 9.89. The Balaban J connectivity index is 2.58. The molecule has 1 rings (SSSR count). The predicted octanol–water partition coefficient (Wildman–Crippen LogP) is 2.19. The lowest BCUT2D eigenvalue weighted by Gasteiger charge is -2.42. The van der Waals surface area contributed by atoms with Gasteiger partial charge in [0.05, 0.1) is 13.2 Å². The van der Waals surface area contributed by atoms with Crippen molar-refractivity contribution in [1.82, 2.24) is 5.32 Å². The second-order valence-electron chi connectivity index (χ2n) is 4.50. The third kappa shape index (κ3) is 2.44. The first kappa shape index (κ1) is 11.0. The van der Waals surface area contributed by atoms with Crippen molar-refractivity contribution in [3.8, 4) is 0 Å². The van der Waals surface area contributed by atoms with E-state index in [0.29, 0.717) is 12.0 Å². The van der Waals surface area contributed by atoms with E-state index in [2.05, 4.69) is 33.0 Å². The average molecular weight is 185 g/mol. The van der Waals surface area contributed by atoms with E-state index in [4.69, 9.17) is 4.74 Å². The number of hydrogen-bond donors (Lipinski definition) is 1. The zero-order valence-corrected chi connectivity index (χ0v) is 9.39. The highest BCUT2D eigenvalue weighted by molar-refractivity contribution is 4.92. The van der Waals surface area contributed by atoms with Gasteiger partial charge < -0.3 is 10.1 Å².